The molecule has 2 N–H and O–H groups in total. The van der Waals surface area contributed by atoms with Crippen LogP contribution >= 0.6 is 15.9 Å². The van der Waals surface area contributed by atoms with Crippen LogP contribution in [0, 0.1) is 6.92 Å². The van der Waals surface area contributed by atoms with E-state index in [4.69, 9.17) is 19.9 Å². The summed E-state index contributed by atoms with van der Waals surface area (Å²) in [6.07, 6.45) is 0. The second-order valence-electron chi connectivity index (χ2n) is 4.78. The van der Waals surface area contributed by atoms with Crippen LogP contribution in [0.15, 0.2) is 16.6 Å². The molecule has 0 saturated carbocycles. The Hall–Kier alpha value is -1.73. The Labute approximate surface area is 130 Å². The fraction of sp³-hybridized carbons (Fsp3) is 0.357. The van der Waals surface area contributed by atoms with Crippen molar-refractivity contribution < 1.29 is 14.2 Å². The van der Waals surface area contributed by atoms with E-state index in [2.05, 4.69) is 21.0 Å². The molecule has 112 valence electrons. The lowest BCUT2D eigenvalue weighted by Crippen LogP contribution is -2.06. The van der Waals surface area contributed by atoms with Crippen molar-refractivity contribution in [3.63, 3.8) is 0 Å². The molecular formula is C14H16BrN3O3. The molecule has 6 nitrogen and oxygen atoms in total. The molecule has 1 aromatic heterocycles. The molecule has 0 unspecified atom stereocenters. The first-order valence-electron chi connectivity index (χ1n) is 6.53. The van der Waals surface area contributed by atoms with Crippen LogP contribution in [0.5, 0.6) is 17.2 Å². The van der Waals surface area contributed by atoms with E-state index in [0.717, 1.165) is 21.4 Å². The van der Waals surface area contributed by atoms with Crippen LogP contribution < -0.4 is 19.9 Å². The predicted octanol–water partition coefficient (Wildman–Crippen LogP) is 2.26. The van der Waals surface area contributed by atoms with Crippen LogP contribution in [0.2, 0.25) is 0 Å². The molecule has 0 aliphatic carbocycles. The Balaban J connectivity index is 1.85. The summed E-state index contributed by atoms with van der Waals surface area (Å²) in [6.45, 7) is 2.94. The highest BCUT2D eigenvalue weighted by atomic mass is 79.9. The highest BCUT2D eigenvalue weighted by Gasteiger charge is 2.18. The number of benzene rings is 1. The molecule has 7 heteroatoms. The van der Waals surface area contributed by atoms with Gasteiger partial charge in [-0.3, -0.25) is 4.68 Å². The molecule has 0 amide bonds. The van der Waals surface area contributed by atoms with Crippen molar-refractivity contribution in [2.45, 2.75) is 20.1 Å². The van der Waals surface area contributed by atoms with Crippen LogP contribution in [0.4, 0.5) is 0 Å². The number of aromatic nitrogens is 2. The molecule has 1 aliphatic heterocycles. The molecule has 21 heavy (non-hydrogen) atoms. The first-order valence-corrected chi connectivity index (χ1v) is 7.32. The SMILES string of the molecule is Cc1nn(C)c(COc2cc3c(cc2CN)OCO3)c1Br. The second-order valence-corrected chi connectivity index (χ2v) is 5.57. The third-order valence-corrected chi connectivity index (χ3v) is 4.43. The molecule has 0 saturated heterocycles. The monoisotopic (exact) mass is 353 g/mol. The van der Waals surface area contributed by atoms with E-state index >= 15 is 0 Å². The zero-order chi connectivity index (χ0) is 15.0. The van der Waals surface area contributed by atoms with E-state index < -0.39 is 0 Å². The highest BCUT2D eigenvalue weighted by Crippen LogP contribution is 2.38. The Morgan fingerprint density at radius 1 is 1.38 bits per heavy atom. The number of ether oxygens (including phenoxy) is 3. The number of nitrogens with zero attached hydrogens (tertiary/aromatic N) is 2. The number of hydrogen-bond acceptors (Lipinski definition) is 5. The number of nitrogens with two attached hydrogens (primary N) is 1. The van der Waals surface area contributed by atoms with Crippen molar-refractivity contribution in [2.24, 2.45) is 12.8 Å². The summed E-state index contributed by atoms with van der Waals surface area (Å²) in [5.41, 5.74) is 8.56. The van der Waals surface area contributed by atoms with Gasteiger partial charge in [-0.15, -0.1) is 0 Å². The number of aryl methyl sites for hydroxylation is 2. The molecule has 0 radical (unpaired) electrons. The number of rotatable bonds is 4. The third kappa shape index (κ3) is 2.58. The van der Waals surface area contributed by atoms with Crippen molar-refractivity contribution >= 4 is 15.9 Å². The maximum Gasteiger partial charge on any atom is 0.231 e. The predicted molar refractivity (Wildman–Crippen MR) is 80.4 cm³/mol. The van der Waals surface area contributed by atoms with Gasteiger partial charge >= 0.3 is 0 Å². The Bertz CT molecular complexity index is 685. The van der Waals surface area contributed by atoms with Crippen molar-refractivity contribution in [3.8, 4) is 17.2 Å². The summed E-state index contributed by atoms with van der Waals surface area (Å²) < 4.78 is 19.4. The second kappa shape index (κ2) is 5.57. The minimum atomic E-state index is 0.231. The minimum Gasteiger partial charge on any atom is -0.487 e. The van der Waals surface area contributed by atoms with Crippen LogP contribution in [0.3, 0.4) is 0 Å². The fourth-order valence-corrected chi connectivity index (χ4v) is 2.69. The van der Waals surface area contributed by atoms with Crippen LogP contribution in [0.25, 0.3) is 0 Å². The molecule has 2 aromatic rings. The molecule has 0 bridgehead atoms. The molecular weight excluding hydrogens is 338 g/mol. The lowest BCUT2D eigenvalue weighted by atomic mass is 10.2. The number of hydrogen-bond donors (Lipinski definition) is 1. The van der Waals surface area contributed by atoms with Gasteiger partial charge in [-0.25, -0.2) is 0 Å². The lowest BCUT2D eigenvalue weighted by molar-refractivity contribution is 0.173. The molecule has 0 atom stereocenters. The zero-order valence-corrected chi connectivity index (χ0v) is 13.4. The first kappa shape index (κ1) is 14.2. The van der Waals surface area contributed by atoms with Gasteiger partial charge in [0, 0.05) is 25.2 Å². The van der Waals surface area contributed by atoms with Crippen LogP contribution in [-0.2, 0) is 20.2 Å². The summed E-state index contributed by atoms with van der Waals surface area (Å²) >= 11 is 3.53. The highest BCUT2D eigenvalue weighted by molar-refractivity contribution is 9.10. The summed E-state index contributed by atoms with van der Waals surface area (Å²) in [7, 11) is 1.89. The van der Waals surface area contributed by atoms with E-state index in [-0.39, 0.29) is 6.79 Å². The van der Waals surface area contributed by atoms with Gasteiger partial charge in [0.2, 0.25) is 6.79 Å². The van der Waals surface area contributed by atoms with Gasteiger partial charge in [-0.1, -0.05) is 0 Å². The van der Waals surface area contributed by atoms with E-state index in [1.165, 1.54) is 0 Å². The standard InChI is InChI=1S/C14H16BrN3O3/c1-8-14(15)10(18(2)17-8)6-19-11-4-13-12(20-7-21-13)3-9(11)5-16/h3-4H,5-7,16H2,1-2H3. The smallest absolute Gasteiger partial charge is 0.231 e. The Morgan fingerprint density at radius 3 is 2.71 bits per heavy atom. The van der Waals surface area contributed by atoms with E-state index in [9.17, 15) is 0 Å². The van der Waals surface area contributed by atoms with Crippen LogP contribution in [0.1, 0.15) is 17.0 Å². The molecule has 1 aromatic carbocycles. The maximum absolute atomic E-state index is 5.91. The normalized spacial score (nSPS) is 12.8. The summed E-state index contributed by atoms with van der Waals surface area (Å²) in [4.78, 5) is 0. The third-order valence-electron chi connectivity index (χ3n) is 3.40. The zero-order valence-electron chi connectivity index (χ0n) is 11.9. The van der Waals surface area contributed by atoms with Gasteiger partial charge in [0.25, 0.3) is 0 Å². The lowest BCUT2D eigenvalue weighted by Gasteiger charge is -2.12. The van der Waals surface area contributed by atoms with Crippen molar-refractivity contribution in [2.75, 3.05) is 6.79 Å². The summed E-state index contributed by atoms with van der Waals surface area (Å²) in [5.74, 6) is 2.09. The topological polar surface area (TPSA) is 71.5 Å². The Morgan fingerprint density at radius 2 is 2.10 bits per heavy atom. The molecule has 0 fully saturated rings. The van der Waals surface area contributed by atoms with Gasteiger partial charge in [0.05, 0.1) is 15.9 Å². The molecule has 2 heterocycles. The van der Waals surface area contributed by atoms with Gasteiger partial charge < -0.3 is 19.9 Å². The Kier molecular flexibility index (Phi) is 3.77. The van der Waals surface area contributed by atoms with Crippen molar-refractivity contribution in [3.05, 3.63) is 33.6 Å². The number of halogens is 1. The first-order chi connectivity index (χ1) is 10.1. The minimum absolute atomic E-state index is 0.231. The fourth-order valence-electron chi connectivity index (χ4n) is 2.24. The van der Waals surface area contributed by atoms with Crippen molar-refractivity contribution in [1.29, 1.82) is 0 Å². The summed E-state index contributed by atoms with van der Waals surface area (Å²) in [5, 5.41) is 4.34. The summed E-state index contributed by atoms with van der Waals surface area (Å²) in [6, 6.07) is 3.68. The largest absolute Gasteiger partial charge is 0.487 e. The number of fused-ring (bicyclic) bond motifs is 1. The van der Waals surface area contributed by atoms with E-state index in [0.29, 0.717) is 30.4 Å². The molecule has 1 aliphatic rings. The molecule has 0 spiro atoms. The van der Waals surface area contributed by atoms with E-state index in [1.807, 2.05) is 26.1 Å². The van der Waals surface area contributed by atoms with Gasteiger partial charge in [-0.2, -0.15) is 5.10 Å². The van der Waals surface area contributed by atoms with Crippen molar-refractivity contribution in [1.82, 2.24) is 9.78 Å². The molecule has 3 rings (SSSR count). The average Bonchev–Trinajstić information content (AvgIpc) is 3.01. The van der Waals surface area contributed by atoms with E-state index in [1.54, 1.807) is 4.68 Å². The maximum atomic E-state index is 5.91. The van der Waals surface area contributed by atoms with Gasteiger partial charge in [0.1, 0.15) is 12.4 Å². The quantitative estimate of drug-likeness (QED) is 0.912. The average molecular weight is 354 g/mol. The van der Waals surface area contributed by atoms with Crippen LogP contribution in [-0.4, -0.2) is 16.6 Å². The van der Waals surface area contributed by atoms with Gasteiger partial charge in [-0.05, 0) is 28.9 Å². The van der Waals surface area contributed by atoms with Gasteiger partial charge in [0.15, 0.2) is 11.5 Å².